The molecule has 5 nitrogen and oxygen atoms in total. The van der Waals surface area contributed by atoms with E-state index in [1.807, 2.05) is 84.9 Å². The summed E-state index contributed by atoms with van der Waals surface area (Å²) in [5.41, 5.74) is 3.13. The topological polar surface area (TPSA) is 58.6 Å². The fourth-order valence-electron chi connectivity index (χ4n) is 3.56. The lowest BCUT2D eigenvalue weighted by Gasteiger charge is -2.31. The van der Waals surface area contributed by atoms with Crippen molar-refractivity contribution in [3.05, 3.63) is 102 Å². The number of rotatable bonds is 11. The van der Waals surface area contributed by atoms with Gasteiger partial charge in [-0.25, -0.2) is 0 Å². The quantitative estimate of drug-likeness (QED) is 0.461. The fraction of sp³-hybridized carbons (Fsp3) is 0.259. The number of carbonyl (C=O) groups excluding carboxylic acids is 2. The van der Waals surface area contributed by atoms with E-state index in [1.165, 1.54) is 0 Å². The van der Waals surface area contributed by atoms with Gasteiger partial charge in [-0.2, -0.15) is 0 Å². The zero-order valence-electron chi connectivity index (χ0n) is 19.1. The Morgan fingerprint density at radius 3 is 2.06 bits per heavy atom. The summed E-state index contributed by atoms with van der Waals surface area (Å²) in [4.78, 5) is 28.0. The van der Waals surface area contributed by atoms with Crippen LogP contribution in [-0.4, -0.2) is 42.7 Å². The van der Waals surface area contributed by atoms with E-state index in [1.54, 1.807) is 30.8 Å². The molecule has 6 heteroatoms. The van der Waals surface area contributed by atoms with Crippen LogP contribution in [0.1, 0.15) is 16.7 Å². The second-order valence-corrected chi connectivity index (χ2v) is 8.65. The normalized spacial score (nSPS) is 11.5. The molecule has 0 heterocycles. The molecule has 172 valence electrons. The van der Waals surface area contributed by atoms with Crippen molar-refractivity contribution in [1.82, 2.24) is 10.2 Å². The van der Waals surface area contributed by atoms with E-state index >= 15 is 0 Å². The van der Waals surface area contributed by atoms with Gasteiger partial charge in [0, 0.05) is 25.8 Å². The Morgan fingerprint density at radius 2 is 1.48 bits per heavy atom. The highest BCUT2D eigenvalue weighted by atomic mass is 32.2. The van der Waals surface area contributed by atoms with Gasteiger partial charge in [0.15, 0.2) is 0 Å². The van der Waals surface area contributed by atoms with Crippen LogP contribution in [-0.2, 0) is 28.3 Å². The van der Waals surface area contributed by atoms with Gasteiger partial charge in [-0.1, -0.05) is 72.8 Å². The van der Waals surface area contributed by atoms with Crippen molar-refractivity contribution in [3.63, 3.8) is 0 Å². The highest BCUT2D eigenvalue weighted by molar-refractivity contribution is 7.99. The Hall–Kier alpha value is -3.25. The van der Waals surface area contributed by atoms with E-state index in [0.29, 0.717) is 24.5 Å². The Balaban J connectivity index is 1.75. The third-order valence-electron chi connectivity index (χ3n) is 5.37. The van der Waals surface area contributed by atoms with E-state index in [4.69, 9.17) is 4.74 Å². The second-order valence-electron chi connectivity index (χ2n) is 7.67. The Bertz CT molecular complexity index is 1010. The number of likely N-dealkylation sites (N-methyl/N-ethyl adjacent to an activating group) is 1. The first-order valence-corrected chi connectivity index (χ1v) is 12.1. The summed E-state index contributed by atoms with van der Waals surface area (Å²) in [5.74, 6) is 1.59. The summed E-state index contributed by atoms with van der Waals surface area (Å²) >= 11 is 1.55. The maximum Gasteiger partial charge on any atom is 0.242 e. The molecule has 33 heavy (non-hydrogen) atoms. The number of hydrogen-bond acceptors (Lipinski definition) is 4. The summed E-state index contributed by atoms with van der Waals surface area (Å²) in [7, 11) is 3.26. The number of methoxy groups -OCH3 is 1. The molecule has 0 aliphatic rings. The third kappa shape index (κ3) is 7.39. The number of nitrogens with zero attached hydrogens (tertiary/aromatic N) is 1. The lowest BCUT2D eigenvalue weighted by Crippen LogP contribution is -2.50. The highest BCUT2D eigenvalue weighted by Crippen LogP contribution is 2.20. The molecule has 1 atom stereocenters. The van der Waals surface area contributed by atoms with Crippen LogP contribution in [0, 0.1) is 0 Å². The van der Waals surface area contributed by atoms with Crippen LogP contribution in [0.4, 0.5) is 0 Å². The van der Waals surface area contributed by atoms with Gasteiger partial charge in [0.2, 0.25) is 11.8 Å². The largest absolute Gasteiger partial charge is 0.497 e. The van der Waals surface area contributed by atoms with E-state index in [2.05, 4.69) is 5.32 Å². The SMILES string of the molecule is CNC(=O)C(Cc1ccccc1)N(Cc1ccccc1)C(=O)CSCc1ccc(OC)cc1. The van der Waals surface area contributed by atoms with E-state index in [0.717, 1.165) is 22.4 Å². The average molecular weight is 463 g/mol. The highest BCUT2D eigenvalue weighted by Gasteiger charge is 2.29. The molecular weight excluding hydrogens is 432 g/mol. The molecule has 0 saturated carbocycles. The second kappa shape index (κ2) is 12.7. The van der Waals surface area contributed by atoms with Crippen LogP contribution in [0.15, 0.2) is 84.9 Å². The summed E-state index contributed by atoms with van der Waals surface area (Å²) in [6.07, 6.45) is 0.461. The van der Waals surface area contributed by atoms with Crippen molar-refractivity contribution in [2.45, 2.75) is 24.8 Å². The average Bonchev–Trinajstić information content (AvgIpc) is 2.87. The van der Waals surface area contributed by atoms with Crippen LogP contribution in [0.25, 0.3) is 0 Å². The minimum atomic E-state index is -0.591. The molecule has 0 aromatic heterocycles. The van der Waals surface area contributed by atoms with Gasteiger partial charge >= 0.3 is 0 Å². The molecule has 0 radical (unpaired) electrons. The Morgan fingerprint density at radius 1 is 0.879 bits per heavy atom. The molecule has 0 spiro atoms. The fourth-order valence-corrected chi connectivity index (χ4v) is 4.43. The van der Waals surface area contributed by atoms with E-state index < -0.39 is 6.04 Å². The monoisotopic (exact) mass is 462 g/mol. The minimum absolute atomic E-state index is 0.0538. The maximum atomic E-state index is 13.4. The number of nitrogens with one attached hydrogen (secondary N) is 1. The van der Waals surface area contributed by atoms with Crippen LogP contribution < -0.4 is 10.1 Å². The van der Waals surface area contributed by atoms with Gasteiger partial charge < -0.3 is 15.0 Å². The van der Waals surface area contributed by atoms with Crippen molar-refractivity contribution in [2.24, 2.45) is 0 Å². The van der Waals surface area contributed by atoms with Crippen molar-refractivity contribution < 1.29 is 14.3 Å². The van der Waals surface area contributed by atoms with E-state index in [9.17, 15) is 9.59 Å². The molecule has 1 unspecified atom stereocenters. The van der Waals surface area contributed by atoms with Gasteiger partial charge in [-0.15, -0.1) is 11.8 Å². The summed E-state index contributed by atoms with van der Waals surface area (Å²) in [6.45, 7) is 0.383. The molecule has 2 amide bonds. The maximum absolute atomic E-state index is 13.4. The van der Waals surface area contributed by atoms with Crippen LogP contribution in [0.2, 0.25) is 0 Å². The predicted molar refractivity (Wildman–Crippen MR) is 134 cm³/mol. The lowest BCUT2D eigenvalue weighted by atomic mass is 10.0. The number of thioether (sulfide) groups is 1. The molecule has 0 aliphatic heterocycles. The number of benzene rings is 3. The smallest absolute Gasteiger partial charge is 0.242 e. The van der Waals surface area contributed by atoms with Crippen LogP contribution >= 0.6 is 11.8 Å². The van der Waals surface area contributed by atoms with Crippen molar-refractivity contribution in [2.75, 3.05) is 19.9 Å². The molecule has 3 aromatic carbocycles. The Kier molecular flexibility index (Phi) is 9.39. The molecule has 0 saturated heterocycles. The molecule has 1 N–H and O–H groups in total. The standard InChI is InChI=1S/C27H30N2O3S/c1-28-27(31)25(17-21-9-5-3-6-10-21)29(18-22-11-7-4-8-12-22)26(30)20-33-19-23-13-15-24(32-2)16-14-23/h3-16,25H,17-20H2,1-2H3,(H,28,31). The first kappa shape index (κ1) is 24.4. The zero-order chi connectivity index (χ0) is 23.5. The number of carbonyl (C=O) groups is 2. The molecule has 0 bridgehead atoms. The Labute approximate surface area is 200 Å². The van der Waals surface area contributed by atoms with Crippen molar-refractivity contribution in [1.29, 1.82) is 0 Å². The number of ether oxygens (including phenoxy) is 1. The van der Waals surface area contributed by atoms with Gasteiger partial charge in [0.1, 0.15) is 11.8 Å². The van der Waals surface area contributed by atoms with Gasteiger partial charge in [-0.05, 0) is 28.8 Å². The summed E-state index contributed by atoms with van der Waals surface area (Å²) in [5, 5.41) is 2.75. The molecule has 0 aliphatic carbocycles. The first-order valence-electron chi connectivity index (χ1n) is 10.9. The first-order chi connectivity index (χ1) is 16.1. The number of hydrogen-bond donors (Lipinski definition) is 1. The van der Waals surface area contributed by atoms with Crippen molar-refractivity contribution >= 4 is 23.6 Å². The van der Waals surface area contributed by atoms with Gasteiger partial charge in [-0.3, -0.25) is 9.59 Å². The third-order valence-corrected chi connectivity index (χ3v) is 6.36. The molecule has 0 fully saturated rings. The van der Waals surface area contributed by atoms with Crippen LogP contribution in [0.3, 0.4) is 0 Å². The molecule has 3 aromatic rings. The lowest BCUT2D eigenvalue weighted by molar-refractivity contribution is -0.139. The van der Waals surface area contributed by atoms with Gasteiger partial charge in [0.05, 0.1) is 12.9 Å². The zero-order valence-corrected chi connectivity index (χ0v) is 19.9. The molecular formula is C27H30N2O3S. The number of amides is 2. The summed E-state index contributed by atoms with van der Waals surface area (Å²) < 4.78 is 5.20. The van der Waals surface area contributed by atoms with Crippen LogP contribution in [0.5, 0.6) is 5.75 Å². The van der Waals surface area contributed by atoms with Crippen molar-refractivity contribution in [3.8, 4) is 5.75 Å². The predicted octanol–water partition coefficient (Wildman–Crippen LogP) is 4.31. The molecule has 3 rings (SSSR count). The summed E-state index contributed by atoms with van der Waals surface area (Å²) in [6, 6.07) is 26.9. The minimum Gasteiger partial charge on any atom is -0.497 e. The van der Waals surface area contributed by atoms with E-state index in [-0.39, 0.29) is 11.8 Å². The van der Waals surface area contributed by atoms with Gasteiger partial charge in [0.25, 0.3) is 0 Å².